The zero-order chi connectivity index (χ0) is 28.3. The van der Waals surface area contributed by atoms with Gasteiger partial charge in [0.25, 0.3) is 5.91 Å². The van der Waals surface area contributed by atoms with Crippen molar-refractivity contribution in [3.05, 3.63) is 48.0 Å². The Morgan fingerprint density at radius 2 is 1.93 bits per heavy atom. The Hall–Kier alpha value is -4.01. The second kappa shape index (κ2) is 9.82. The van der Waals surface area contributed by atoms with Crippen molar-refractivity contribution in [1.82, 2.24) is 24.3 Å². The molecule has 0 unspecified atom stereocenters. The summed E-state index contributed by atoms with van der Waals surface area (Å²) in [4.78, 5) is 33.1. The lowest BCUT2D eigenvalue weighted by molar-refractivity contribution is 0.0323. The second-order valence-corrected chi connectivity index (χ2v) is 12.8. The highest BCUT2D eigenvalue weighted by molar-refractivity contribution is 6.03. The third kappa shape index (κ3) is 5.02. The van der Waals surface area contributed by atoms with E-state index in [1.165, 1.54) is 23.7 Å². The molecular formula is C32H38N6O3. The van der Waals surface area contributed by atoms with Gasteiger partial charge in [-0.3, -0.25) is 4.79 Å². The van der Waals surface area contributed by atoms with Crippen LogP contribution in [-0.4, -0.2) is 62.3 Å². The summed E-state index contributed by atoms with van der Waals surface area (Å²) in [6.07, 6.45) is 3.34. The lowest BCUT2D eigenvalue weighted by atomic mass is 10.1. The van der Waals surface area contributed by atoms with Gasteiger partial charge in [0.1, 0.15) is 6.10 Å². The quantitative estimate of drug-likeness (QED) is 0.334. The van der Waals surface area contributed by atoms with Crippen LogP contribution < -0.4 is 10.6 Å². The molecule has 4 heterocycles. The van der Waals surface area contributed by atoms with E-state index >= 15 is 0 Å². The van der Waals surface area contributed by atoms with Gasteiger partial charge in [-0.25, -0.2) is 9.78 Å². The van der Waals surface area contributed by atoms with E-state index in [-0.39, 0.29) is 17.6 Å². The van der Waals surface area contributed by atoms with Gasteiger partial charge in [-0.1, -0.05) is 18.2 Å². The van der Waals surface area contributed by atoms with Gasteiger partial charge in [0.05, 0.1) is 29.0 Å². The van der Waals surface area contributed by atoms with Gasteiger partial charge in [-0.15, -0.1) is 0 Å². The summed E-state index contributed by atoms with van der Waals surface area (Å²) in [5.74, 6) is 1.63. The predicted molar refractivity (Wildman–Crippen MR) is 160 cm³/mol. The number of amides is 2. The molecule has 41 heavy (non-hydrogen) atoms. The molecule has 3 aliphatic rings. The first-order valence-electron chi connectivity index (χ1n) is 14.9. The Morgan fingerprint density at radius 3 is 2.73 bits per heavy atom. The zero-order valence-corrected chi connectivity index (χ0v) is 24.1. The van der Waals surface area contributed by atoms with Crippen LogP contribution in [-0.2, 0) is 17.8 Å². The molecular weight excluding hydrogens is 516 g/mol. The van der Waals surface area contributed by atoms with Crippen LogP contribution in [0.4, 0.5) is 10.5 Å². The number of carbonyl (C=O) groups is 2. The van der Waals surface area contributed by atoms with Crippen molar-refractivity contribution in [3.63, 3.8) is 0 Å². The number of piperidine rings is 1. The molecule has 4 aromatic rings. The van der Waals surface area contributed by atoms with E-state index < -0.39 is 6.09 Å². The number of alkyl carbamates (subject to hydrolysis) is 1. The monoisotopic (exact) mass is 554 g/mol. The van der Waals surface area contributed by atoms with E-state index in [9.17, 15) is 9.59 Å². The molecule has 2 N–H and O–H groups in total. The summed E-state index contributed by atoms with van der Waals surface area (Å²) in [5, 5.41) is 7.59. The topological polar surface area (TPSA) is 93.4 Å². The van der Waals surface area contributed by atoms with E-state index in [1.54, 1.807) is 4.90 Å². The Morgan fingerprint density at radius 1 is 1.10 bits per heavy atom. The molecule has 1 saturated carbocycles. The van der Waals surface area contributed by atoms with Crippen LogP contribution in [0.15, 0.2) is 42.5 Å². The average molecular weight is 555 g/mol. The molecule has 2 aromatic carbocycles. The van der Waals surface area contributed by atoms with Crippen LogP contribution in [0.2, 0.25) is 0 Å². The highest BCUT2D eigenvalue weighted by Gasteiger charge is 2.30. The van der Waals surface area contributed by atoms with E-state index in [2.05, 4.69) is 50.1 Å². The maximum Gasteiger partial charge on any atom is 0.407 e. The highest BCUT2D eigenvalue weighted by Crippen LogP contribution is 2.38. The number of aromatic nitrogens is 3. The van der Waals surface area contributed by atoms with Crippen LogP contribution in [0.5, 0.6) is 0 Å². The number of rotatable bonds is 5. The van der Waals surface area contributed by atoms with Gasteiger partial charge in [0, 0.05) is 48.2 Å². The maximum atomic E-state index is 13.8. The summed E-state index contributed by atoms with van der Waals surface area (Å²) in [6, 6.07) is 14.7. The van der Waals surface area contributed by atoms with Gasteiger partial charge < -0.3 is 29.4 Å². The molecule has 2 aliphatic heterocycles. The fourth-order valence-corrected chi connectivity index (χ4v) is 6.28. The molecule has 1 atom stereocenters. The molecule has 1 saturated heterocycles. The van der Waals surface area contributed by atoms with Crippen molar-refractivity contribution in [2.75, 3.05) is 25.0 Å². The number of hydrogen-bond donors (Lipinski definition) is 2. The van der Waals surface area contributed by atoms with Crippen molar-refractivity contribution >= 4 is 39.6 Å². The molecule has 0 spiro atoms. The number of fused-ring (bicyclic) bond motifs is 1. The third-order valence-corrected chi connectivity index (χ3v) is 8.33. The van der Waals surface area contributed by atoms with Gasteiger partial charge in [-0.05, 0) is 76.6 Å². The van der Waals surface area contributed by atoms with Crippen LogP contribution >= 0.6 is 0 Å². The number of para-hydroxylation sites is 1. The first-order valence-corrected chi connectivity index (χ1v) is 14.9. The molecule has 9 heteroatoms. The Balaban J connectivity index is 1.20. The Kier molecular flexibility index (Phi) is 6.21. The summed E-state index contributed by atoms with van der Waals surface area (Å²) >= 11 is 0. The number of nitrogens with zero attached hydrogens (tertiary/aromatic N) is 4. The SMILES string of the molecule is CC(C)(C)NC(=O)O[C@@H]1CCCN(C(=O)c2cc3c4c(c2)nc(-c2cc5ccccc5n2CC2CC2)n4CCN3)C1. The first-order chi connectivity index (χ1) is 19.7. The number of carbonyl (C=O) groups excluding carboxylic acids is 2. The minimum atomic E-state index is -0.441. The smallest absolute Gasteiger partial charge is 0.407 e. The number of imidazole rings is 1. The van der Waals surface area contributed by atoms with Gasteiger partial charge in [0.15, 0.2) is 5.82 Å². The maximum absolute atomic E-state index is 13.8. The molecule has 0 radical (unpaired) electrons. The van der Waals surface area contributed by atoms with Crippen molar-refractivity contribution in [3.8, 4) is 11.5 Å². The largest absolute Gasteiger partial charge is 0.444 e. The standard InChI is InChI=1S/C32H38N6O3/c1-32(2,3)35-31(40)41-23-8-6-13-36(19-23)30(39)22-15-24-28-25(16-22)34-29(37(28)14-12-33-24)27-17-21-7-4-5-9-26(21)38(27)18-20-10-11-20/h4-5,7,9,15-17,20,23,33H,6,8,10-14,18-19H2,1-3H3,(H,35,40)/t23-/m1/s1. The zero-order valence-electron chi connectivity index (χ0n) is 24.1. The number of ether oxygens (including phenoxy) is 1. The lowest BCUT2D eigenvalue weighted by Crippen LogP contribution is -2.47. The predicted octanol–water partition coefficient (Wildman–Crippen LogP) is 5.62. The van der Waals surface area contributed by atoms with Crippen molar-refractivity contribution in [2.24, 2.45) is 5.92 Å². The van der Waals surface area contributed by atoms with Gasteiger partial charge in [-0.2, -0.15) is 0 Å². The second-order valence-electron chi connectivity index (χ2n) is 12.8. The van der Waals surface area contributed by atoms with Crippen molar-refractivity contribution in [1.29, 1.82) is 0 Å². The normalized spacial score (nSPS) is 18.9. The fraction of sp³-hybridized carbons (Fsp3) is 0.469. The summed E-state index contributed by atoms with van der Waals surface area (Å²) in [7, 11) is 0. The third-order valence-electron chi connectivity index (χ3n) is 8.33. The molecule has 2 aromatic heterocycles. The van der Waals surface area contributed by atoms with Crippen molar-refractivity contribution < 1.29 is 14.3 Å². The molecule has 2 amide bonds. The minimum Gasteiger partial charge on any atom is -0.444 e. The molecule has 2 fully saturated rings. The Labute approximate surface area is 239 Å². The average Bonchev–Trinajstić information content (AvgIpc) is 3.58. The number of hydrogen-bond acceptors (Lipinski definition) is 5. The van der Waals surface area contributed by atoms with Gasteiger partial charge >= 0.3 is 6.09 Å². The van der Waals surface area contributed by atoms with E-state index in [0.717, 1.165) is 66.6 Å². The number of anilines is 1. The molecule has 7 rings (SSSR count). The van der Waals surface area contributed by atoms with Crippen molar-refractivity contribution in [2.45, 2.75) is 71.2 Å². The van der Waals surface area contributed by atoms with Crippen LogP contribution in [0.25, 0.3) is 33.5 Å². The Bertz CT molecular complexity index is 1660. The molecule has 214 valence electrons. The number of benzene rings is 2. The summed E-state index contributed by atoms with van der Waals surface area (Å²) in [6.45, 7) is 9.38. The minimum absolute atomic E-state index is 0.0565. The lowest BCUT2D eigenvalue weighted by Gasteiger charge is -2.33. The number of likely N-dealkylation sites (tertiary alicyclic amines) is 1. The number of nitrogens with one attached hydrogen (secondary N) is 2. The molecule has 0 bridgehead atoms. The van der Waals surface area contributed by atoms with Crippen LogP contribution in [0, 0.1) is 5.92 Å². The van der Waals surface area contributed by atoms with E-state index in [1.807, 2.05) is 32.9 Å². The molecule has 1 aliphatic carbocycles. The van der Waals surface area contributed by atoms with Crippen LogP contribution in [0.1, 0.15) is 56.8 Å². The fourth-order valence-electron chi connectivity index (χ4n) is 6.28. The van der Waals surface area contributed by atoms with Gasteiger partial charge in [0.2, 0.25) is 0 Å². The summed E-state index contributed by atoms with van der Waals surface area (Å²) in [5.41, 5.74) is 5.43. The van der Waals surface area contributed by atoms with E-state index in [4.69, 9.17) is 9.72 Å². The summed E-state index contributed by atoms with van der Waals surface area (Å²) < 4.78 is 10.4. The van der Waals surface area contributed by atoms with Crippen LogP contribution in [0.3, 0.4) is 0 Å². The van der Waals surface area contributed by atoms with E-state index in [0.29, 0.717) is 18.7 Å². The highest BCUT2D eigenvalue weighted by atomic mass is 16.6. The first kappa shape index (κ1) is 25.9. The molecule has 9 nitrogen and oxygen atoms in total.